The van der Waals surface area contributed by atoms with Gasteiger partial charge in [-0.15, -0.1) is 0 Å². The minimum atomic E-state index is 0.0481. The fourth-order valence-electron chi connectivity index (χ4n) is 7.89. The molecule has 2 nitrogen and oxygen atoms in total. The van der Waals surface area contributed by atoms with Gasteiger partial charge in [-0.25, -0.2) is 0 Å². The number of aliphatic hydroxyl groups excluding tert-OH is 2. The summed E-state index contributed by atoms with van der Waals surface area (Å²) >= 11 is 0. The zero-order chi connectivity index (χ0) is 24.6. The van der Waals surface area contributed by atoms with Crippen LogP contribution in [0.25, 0.3) is 0 Å². The standard InChI is InChI=1S/C31H50O2/c1-21(2)23(5)10-11-24(20-33)26-14-17-31(8)28-13-12-25(22(3)4)29(6,16-9-19-32)27(28)15-18-30(26,31)7/h13,15,21,24-26,32-33H,3,5,9-12,14,16-20H2,1-2,4,6-8H3/t24?,25-,26+,29-,30+,31-/m0/s1. The summed E-state index contributed by atoms with van der Waals surface area (Å²) in [5.74, 6) is 1.83. The van der Waals surface area contributed by atoms with Crippen LogP contribution in [0.3, 0.4) is 0 Å². The van der Waals surface area contributed by atoms with Crippen molar-refractivity contribution in [3.8, 4) is 0 Å². The molecule has 0 radical (unpaired) electrons. The quantitative estimate of drug-likeness (QED) is 0.333. The van der Waals surface area contributed by atoms with Crippen molar-refractivity contribution in [2.45, 2.75) is 92.9 Å². The zero-order valence-corrected chi connectivity index (χ0v) is 22.3. The lowest BCUT2D eigenvalue weighted by atomic mass is 9.48. The minimum absolute atomic E-state index is 0.0481. The van der Waals surface area contributed by atoms with E-state index in [1.807, 2.05) is 0 Å². The second-order valence-electron chi connectivity index (χ2n) is 12.5. The third-order valence-corrected chi connectivity index (χ3v) is 10.5. The third kappa shape index (κ3) is 4.36. The summed E-state index contributed by atoms with van der Waals surface area (Å²) in [6.45, 7) is 23.2. The summed E-state index contributed by atoms with van der Waals surface area (Å²) < 4.78 is 0. The van der Waals surface area contributed by atoms with Gasteiger partial charge in [-0.2, -0.15) is 0 Å². The molecule has 0 aromatic carbocycles. The first kappa shape index (κ1) is 26.5. The van der Waals surface area contributed by atoms with Crippen molar-refractivity contribution in [2.75, 3.05) is 13.2 Å². The third-order valence-electron chi connectivity index (χ3n) is 10.5. The predicted octanol–water partition coefficient (Wildman–Crippen LogP) is 7.64. The molecule has 0 amide bonds. The lowest BCUT2D eigenvalue weighted by Gasteiger charge is -2.56. The van der Waals surface area contributed by atoms with Crippen LogP contribution in [0, 0.1) is 39.9 Å². The van der Waals surface area contributed by atoms with E-state index in [2.05, 4.69) is 66.9 Å². The van der Waals surface area contributed by atoms with Gasteiger partial charge in [-0.3, -0.25) is 0 Å². The van der Waals surface area contributed by atoms with E-state index in [-0.39, 0.29) is 29.5 Å². The van der Waals surface area contributed by atoms with Gasteiger partial charge in [0.1, 0.15) is 0 Å². The van der Waals surface area contributed by atoms with Crippen molar-refractivity contribution in [1.29, 1.82) is 0 Å². The van der Waals surface area contributed by atoms with Crippen molar-refractivity contribution in [2.24, 2.45) is 39.9 Å². The average Bonchev–Trinajstić information content (AvgIpc) is 3.04. The van der Waals surface area contributed by atoms with Gasteiger partial charge in [0.25, 0.3) is 0 Å². The molecular weight excluding hydrogens is 404 g/mol. The van der Waals surface area contributed by atoms with Gasteiger partial charge < -0.3 is 10.2 Å². The molecule has 2 N–H and O–H groups in total. The number of allylic oxidation sites excluding steroid dienone is 6. The van der Waals surface area contributed by atoms with E-state index in [9.17, 15) is 10.2 Å². The predicted molar refractivity (Wildman–Crippen MR) is 141 cm³/mol. The van der Waals surface area contributed by atoms with Gasteiger partial charge in [0.05, 0.1) is 0 Å². The molecule has 1 fully saturated rings. The van der Waals surface area contributed by atoms with Gasteiger partial charge in [-0.05, 0) is 109 Å². The number of aliphatic hydroxyl groups is 2. The van der Waals surface area contributed by atoms with E-state index in [4.69, 9.17) is 0 Å². The maximum atomic E-state index is 10.4. The van der Waals surface area contributed by atoms with E-state index in [1.165, 1.54) is 29.6 Å². The first-order valence-electron chi connectivity index (χ1n) is 13.4. The maximum Gasteiger partial charge on any atom is 0.0462 e. The molecule has 3 aliphatic carbocycles. The highest BCUT2D eigenvalue weighted by molar-refractivity contribution is 5.50. The maximum absolute atomic E-state index is 10.4. The Morgan fingerprint density at radius 1 is 1.12 bits per heavy atom. The Kier molecular flexibility index (Phi) is 7.91. The van der Waals surface area contributed by atoms with Gasteiger partial charge in [0.15, 0.2) is 0 Å². The molecule has 6 atom stereocenters. The number of rotatable bonds is 10. The van der Waals surface area contributed by atoms with Crippen LogP contribution in [0.15, 0.2) is 47.6 Å². The van der Waals surface area contributed by atoms with Crippen LogP contribution in [0.5, 0.6) is 0 Å². The molecule has 33 heavy (non-hydrogen) atoms. The van der Waals surface area contributed by atoms with Gasteiger partial charge in [0, 0.05) is 13.2 Å². The Balaban J connectivity index is 1.95. The Labute approximate surface area is 204 Å². The molecule has 0 aliphatic heterocycles. The molecule has 0 bridgehead atoms. The molecule has 186 valence electrons. The number of hydrogen-bond donors (Lipinski definition) is 2. The Morgan fingerprint density at radius 2 is 1.82 bits per heavy atom. The summed E-state index contributed by atoms with van der Waals surface area (Å²) in [4.78, 5) is 0. The highest BCUT2D eigenvalue weighted by atomic mass is 16.3. The van der Waals surface area contributed by atoms with Crippen LogP contribution in [-0.2, 0) is 0 Å². The highest BCUT2D eigenvalue weighted by Crippen LogP contribution is 2.70. The molecule has 0 saturated heterocycles. The Hall–Kier alpha value is -1.12. The van der Waals surface area contributed by atoms with Gasteiger partial charge in [-0.1, -0.05) is 71.1 Å². The van der Waals surface area contributed by atoms with Crippen LogP contribution in [0.2, 0.25) is 0 Å². The van der Waals surface area contributed by atoms with Crippen molar-refractivity contribution < 1.29 is 10.2 Å². The second kappa shape index (κ2) is 9.86. The smallest absolute Gasteiger partial charge is 0.0462 e. The topological polar surface area (TPSA) is 40.5 Å². The van der Waals surface area contributed by atoms with Crippen LogP contribution in [-0.4, -0.2) is 23.4 Å². The molecule has 0 aromatic rings. The lowest BCUT2D eigenvalue weighted by Crippen LogP contribution is -2.47. The molecule has 0 spiro atoms. The average molecular weight is 455 g/mol. The fraction of sp³-hybridized carbons (Fsp3) is 0.742. The molecule has 0 aromatic heterocycles. The van der Waals surface area contributed by atoms with Crippen LogP contribution in [0.4, 0.5) is 0 Å². The summed E-state index contributed by atoms with van der Waals surface area (Å²) in [5, 5.41) is 20.1. The summed E-state index contributed by atoms with van der Waals surface area (Å²) in [6, 6.07) is 0. The Morgan fingerprint density at radius 3 is 2.39 bits per heavy atom. The zero-order valence-electron chi connectivity index (χ0n) is 22.3. The molecule has 3 aliphatic rings. The highest BCUT2D eigenvalue weighted by Gasteiger charge is 2.61. The van der Waals surface area contributed by atoms with E-state index >= 15 is 0 Å². The van der Waals surface area contributed by atoms with E-state index in [1.54, 1.807) is 5.57 Å². The molecule has 1 saturated carbocycles. The summed E-state index contributed by atoms with van der Waals surface area (Å²) in [6.07, 6.45) is 13.6. The Bertz CT molecular complexity index is 817. The monoisotopic (exact) mass is 454 g/mol. The summed E-state index contributed by atoms with van der Waals surface area (Å²) in [7, 11) is 0. The van der Waals surface area contributed by atoms with Crippen LogP contribution in [0.1, 0.15) is 92.9 Å². The van der Waals surface area contributed by atoms with E-state index < -0.39 is 0 Å². The SMILES string of the molecule is C=C(CCC(CO)[C@H]1CC[C@@]2(C)C3=CC[C@@H](C(=C)C)[C@](C)(CCCO)C3=CC[C@]12C)C(C)C. The largest absolute Gasteiger partial charge is 0.396 e. The normalized spacial score (nSPS) is 36.6. The first-order chi connectivity index (χ1) is 15.5. The van der Waals surface area contributed by atoms with E-state index in [0.717, 1.165) is 38.5 Å². The lowest BCUT2D eigenvalue weighted by molar-refractivity contribution is 0.0311. The van der Waals surface area contributed by atoms with Gasteiger partial charge in [0.2, 0.25) is 0 Å². The van der Waals surface area contributed by atoms with E-state index in [0.29, 0.717) is 23.7 Å². The van der Waals surface area contributed by atoms with Crippen molar-refractivity contribution in [3.05, 3.63) is 47.6 Å². The fourth-order valence-corrected chi connectivity index (χ4v) is 7.89. The molecule has 1 unspecified atom stereocenters. The summed E-state index contributed by atoms with van der Waals surface area (Å²) in [5.41, 5.74) is 6.04. The van der Waals surface area contributed by atoms with Gasteiger partial charge >= 0.3 is 0 Å². The van der Waals surface area contributed by atoms with Crippen molar-refractivity contribution >= 4 is 0 Å². The van der Waals surface area contributed by atoms with Crippen LogP contribution < -0.4 is 0 Å². The minimum Gasteiger partial charge on any atom is -0.396 e. The van der Waals surface area contributed by atoms with Crippen molar-refractivity contribution in [3.63, 3.8) is 0 Å². The van der Waals surface area contributed by atoms with Crippen molar-refractivity contribution in [1.82, 2.24) is 0 Å². The number of hydrogen-bond acceptors (Lipinski definition) is 2. The first-order valence-corrected chi connectivity index (χ1v) is 13.4. The molecule has 0 heterocycles. The molecular formula is C31H50O2. The second-order valence-corrected chi connectivity index (χ2v) is 12.5. The molecule has 3 rings (SSSR count). The number of fused-ring (bicyclic) bond motifs is 3. The molecule has 2 heteroatoms. The van der Waals surface area contributed by atoms with Crippen LogP contribution >= 0.6 is 0 Å².